The first-order chi connectivity index (χ1) is 15.6. The standard InChI is InChI=1S/C22H24FN5O4S/c1-5-26-19-11-10-17(33(31,32)25(3)4)12-18(19)24-20(26)13-27-21(29)14(2)28(22(27)30)16-8-6-15(23)7-9-16/h6-12,14H,5,13H2,1-4H3. The highest BCUT2D eigenvalue weighted by Gasteiger charge is 2.43. The number of hydrogen-bond acceptors (Lipinski definition) is 5. The molecule has 2 heterocycles. The molecule has 1 aliphatic rings. The third-order valence-electron chi connectivity index (χ3n) is 5.75. The van der Waals surface area contributed by atoms with E-state index in [0.29, 0.717) is 29.1 Å². The predicted octanol–water partition coefficient (Wildman–Crippen LogP) is 2.80. The fraction of sp³-hybridized carbons (Fsp3) is 0.318. The van der Waals surface area contributed by atoms with Gasteiger partial charge in [-0.3, -0.25) is 14.6 Å². The number of imide groups is 1. The molecule has 4 rings (SSSR count). The summed E-state index contributed by atoms with van der Waals surface area (Å²) in [5, 5.41) is 0. The zero-order chi connectivity index (χ0) is 24.1. The Morgan fingerprint density at radius 2 is 1.76 bits per heavy atom. The van der Waals surface area contributed by atoms with Gasteiger partial charge in [-0.15, -0.1) is 0 Å². The Balaban J connectivity index is 1.70. The van der Waals surface area contributed by atoms with Gasteiger partial charge >= 0.3 is 6.03 Å². The first-order valence-corrected chi connectivity index (χ1v) is 11.8. The van der Waals surface area contributed by atoms with E-state index < -0.39 is 33.8 Å². The van der Waals surface area contributed by atoms with Crippen LogP contribution in [-0.2, 0) is 27.9 Å². The van der Waals surface area contributed by atoms with E-state index in [1.54, 1.807) is 13.0 Å². The fourth-order valence-corrected chi connectivity index (χ4v) is 4.88. The molecule has 0 radical (unpaired) electrons. The third-order valence-corrected chi connectivity index (χ3v) is 7.56. The van der Waals surface area contributed by atoms with Crippen molar-refractivity contribution in [3.8, 4) is 0 Å². The lowest BCUT2D eigenvalue weighted by molar-refractivity contribution is -0.127. The third kappa shape index (κ3) is 3.76. The average Bonchev–Trinajstić information content (AvgIpc) is 3.23. The number of aryl methyl sites for hydroxylation is 1. The van der Waals surface area contributed by atoms with Crippen molar-refractivity contribution in [2.24, 2.45) is 0 Å². The number of imidazole rings is 1. The average molecular weight is 474 g/mol. The van der Waals surface area contributed by atoms with Crippen LogP contribution in [-0.4, -0.2) is 59.2 Å². The number of halogens is 1. The van der Waals surface area contributed by atoms with Crippen molar-refractivity contribution in [1.29, 1.82) is 0 Å². The van der Waals surface area contributed by atoms with E-state index >= 15 is 0 Å². The summed E-state index contributed by atoms with van der Waals surface area (Å²) >= 11 is 0. The van der Waals surface area contributed by atoms with Crippen LogP contribution >= 0.6 is 0 Å². The lowest BCUT2D eigenvalue weighted by Gasteiger charge is -2.19. The number of anilines is 1. The molecule has 1 atom stereocenters. The van der Waals surface area contributed by atoms with Gasteiger partial charge in [0.15, 0.2) is 0 Å². The van der Waals surface area contributed by atoms with Crippen molar-refractivity contribution in [3.05, 3.63) is 54.1 Å². The first-order valence-electron chi connectivity index (χ1n) is 10.4. The van der Waals surface area contributed by atoms with Crippen molar-refractivity contribution in [3.63, 3.8) is 0 Å². The van der Waals surface area contributed by atoms with Gasteiger partial charge in [-0.2, -0.15) is 0 Å². The number of nitrogens with zero attached hydrogens (tertiary/aromatic N) is 5. The minimum Gasteiger partial charge on any atom is -0.327 e. The second-order valence-electron chi connectivity index (χ2n) is 7.94. The van der Waals surface area contributed by atoms with Gasteiger partial charge in [0.05, 0.1) is 22.5 Å². The summed E-state index contributed by atoms with van der Waals surface area (Å²) in [7, 11) is -0.730. The summed E-state index contributed by atoms with van der Waals surface area (Å²) < 4.78 is 41.3. The van der Waals surface area contributed by atoms with Crippen LogP contribution < -0.4 is 4.90 Å². The molecule has 11 heteroatoms. The molecule has 33 heavy (non-hydrogen) atoms. The number of aromatic nitrogens is 2. The number of rotatable bonds is 6. The van der Waals surface area contributed by atoms with Crippen LogP contribution in [0.25, 0.3) is 11.0 Å². The molecule has 1 aliphatic heterocycles. The Kier molecular flexibility index (Phi) is 5.71. The van der Waals surface area contributed by atoms with Gasteiger partial charge in [0.2, 0.25) is 10.0 Å². The van der Waals surface area contributed by atoms with Gasteiger partial charge in [0.25, 0.3) is 5.91 Å². The quantitative estimate of drug-likeness (QED) is 0.513. The molecule has 0 aliphatic carbocycles. The minimum atomic E-state index is -3.63. The first kappa shape index (κ1) is 22.9. The van der Waals surface area contributed by atoms with E-state index in [-0.39, 0.29) is 11.4 Å². The smallest absolute Gasteiger partial charge is 0.327 e. The molecular formula is C22H24FN5O4S. The van der Waals surface area contributed by atoms with Crippen LogP contribution in [0.1, 0.15) is 19.7 Å². The maximum atomic E-state index is 13.3. The Morgan fingerprint density at radius 1 is 1.09 bits per heavy atom. The minimum absolute atomic E-state index is 0.0714. The molecule has 0 saturated carbocycles. The summed E-state index contributed by atoms with van der Waals surface area (Å²) in [5.41, 5.74) is 1.58. The van der Waals surface area contributed by atoms with Gasteiger partial charge in [-0.25, -0.2) is 26.9 Å². The van der Waals surface area contributed by atoms with Crippen molar-refractivity contribution in [2.45, 2.75) is 37.9 Å². The molecule has 1 aromatic heterocycles. The summed E-state index contributed by atoms with van der Waals surface area (Å²) in [5.74, 6) is -0.370. The molecule has 3 amide bonds. The van der Waals surface area contributed by atoms with Gasteiger partial charge < -0.3 is 4.57 Å². The van der Waals surface area contributed by atoms with Crippen molar-refractivity contribution in [1.82, 2.24) is 18.8 Å². The van der Waals surface area contributed by atoms with Gasteiger partial charge in [0.1, 0.15) is 17.7 Å². The van der Waals surface area contributed by atoms with Crippen LogP contribution in [0.2, 0.25) is 0 Å². The number of hydrogen-bond donors (Lipinski definition) is 0. The van der Waals surface area contributed by atoms with E-state index in [0.717, 1.165) is 9.21 Å². The summed E-state index contributed by atoms with van der Waals surface area (Å²) in [4.78, 5) is 33.1. The molecule has 174 valence electrons. The molecule has 0 spiro atoms. The number of carbonyl (C=O) groups excluding carboxylic acids is 2. The molecule has 0 N–H and O–H groups in total. The largest absolute Gasteiger partial charge is 0.332 e. The molecule has 2 aromatic carbocycles. The molecule has 1 unspecified atom stereocenters. The van der Waals surface area contributed by atoms with Crippen LogP contribution in [0.15, 0.2) is 47.4 Å². The number of urea groups is 1. The van der Waals surface area contributed by atoms with E-state index in [2.05, 4.69) is 4.98 Å². The van der Waals surface area contributed by atoms with Gasteiger partial charge in [-0.05, 0) is 56.3 Å². The summed E-state index contributed by atoms with van der Waals surface area (Å²) in [6, 6.07) is 8.78. The molecule has 0 bridgehead atoms. The summed E-state index contributed by atoms with van der Waals surface area (Å²) in [6.45, 7) is 3.96. The van der Waals surface area contributed by atoms with Crippen LogP contribution in [0.5, 0.6) is 0 Å². The second kappa shape index (κ2) is 8.23. The molecule has 3 aromatic rings. The second-order valence-corrected chi connectivity index (χ2v) is 10.1. The van der Waals surface area contributed by atoms with E-state index in [1.165, 1.54) is 55.4 Å². The number of sulfonamides is 1. The fourth-order valence-electron chi connectivity index (χ4n) is 3.95. The highest BCUT2D eigenvalue weighted by Crippen LogP contribution is 2.28. The van der Waals surface area contributed by atoms with Crippen molar-refractivity contribution < 1.29 is 22.4 Å². The van der Waals surface area contributed by atoms with Gasteiger partial charge in [-0.1, -0.05) is 0 Å². The van der Waals surface area contributed by atoms with Crippen LogP contribution in [0.3, 0.4) is 0 Å². The molecule has 9 nitrogen and oxygen atoms in total. The topological polar surface area (TPSA) is 95.8 Å². The van der Waals surface area contributed by atoms with E-state index in [4.69, 9.17) is 0 Å². The Labute approximate surface area is 191 Å². The molecule has 1 saturated heterocycles. The van der Waals surface area contributed by atoms with E-state index in [9.17, 15) is 22.4 Å². The number of fused-ring (bicyclic) bond motifs is 1. The normalized spacial score (nSPS) is 17.1. The molecule has 1 fully saturated rings. The number of amides is 3. The Bertz CT molecular complexity index is 1350. The van der Waals surface area contributed by atoms with Crippen molar-refractivity contribution in [2.75, 3.05) is 19.0 Å². The Hall–Kier alpha value is -3.31. The van der Waals surface area contributed by atoms with Crippen molar-refractivity contribution >= 4 is 38.7 Å². The molecular weight excluding hydrogens is 449 g/mol. The zero-order valence-corrected chi connectivity index (χ0v) is 19.5. The monoisotopic (exact) mass is 473 g/mol. The van der Waals surface area contributed by atoms with E-state index in [1.807, 2.05) is 11.5 Å². The Morgan fingerprint density at radius 3 is 2.36 bits per heavy atom. The zero-order valence-electron chi connectivity index (χ0n) is 18.7. The lowest BCUT2D eigenvalue weighted by Crippen LogP contribution is -2.34. The maximum absolute atomic E-state index is 13.3. The maximum Gasteiger partial charge on any atom is 0.332 e. The number of benzene rings is 2. The summed E-state index contributed by atoms with van der Waals surface area (Å²) in [6.07, 6.45) is 0. The SMILES string of the molecule is CCn1c(CN2C(=O)C(C)N(c3ccc(F)cc3)C2=O)nc2cc(S(=O)(=O)N(C)C)ccc21. The van der Waals surface area contributed by atoms with Crippen LogP contribution in [0.4, 0.5) is 14.9 Å². The number of carbonyl (C=O) groups is 2. The predicted molar refractivity (Wildman–Crippen MR) is 121 cm³/mol. The lowest BCUT2D eigenvalue weighted by atomic mass is 10.2. The van der Waals surface area contributed by atoms with Gasteiger partial charge in [0, 0.05) is 26.3 Å². The van der Waals surface area contributed by atoms with Crippen LogP contribution in [0, 0.1) is 5.82 Å². The highest BCUT2D eigenvalue weighted by atomic mass is 32.2. The highest BCUT2D eigenvalue weighted by molar-refractivity contribution is 7.89.